The molecule has 0 atom stereocenters. The summed E-state index contributed by atoms with van der Waals surface area (Å²) >= 11 is 2.82. The predicted molar refractivity (Wildman–Crippen MR) is 125 cm³/mol. The zero-order chi connectivity index (χ0) is 22.0. The second-order valence-corrected chi connectivity index (χ2v) is 10.2. The topological polar surface area (TPSA) is 73.8 Å². The molecule has 4 rings (SSSR count). The van der Waals surface area contributed by atoms with Crippen molar-refractivity contribution in [3.05, 3.63) is 45.4 Å². The van der Waals surface area contributed by atoms with Crippen LogP contribution >= 0.6 is 23.1 Å². The largest absolute Gasteiger partial charge is 0.410 e. The minimum atomic E-state index is 0.0887. The highest BCUT2D eigenvalue weighted by Crippen LogP contribution is 2.31. The fourth-order valence-electron chi connectivity index (χ4n) is 4.11. The molecule has 0 radical (unpaired) electrons. The summed E-state index contributed by atoms with van der Waals surface area (Å²) in [6, 6.07) is 2.01. The second-order valence-electron chi connectivity index (χ2n) is 8.03. The molecule has 0 aromatic carbocycles. The van der Waals surface area contributed by atoms with Gasteiger partial charge in [0.25, 0.3) is 11.1 Å². The maximum Gasteiger partial charge on any atom is 0.277 e. The molecule has 0 bridgehead atoms. The van der Waals surface area contributed by atoms with E-state index in [4.69, 9.17) is 4.42 Å². The molecule has 0 saturated carbocycles. The summed E-state index contributed by atoms with van der Waals surface area (Å²) in [7, 11) is 0. The molecule has 1 aliphatic rings. The average molecular weight is 457 g/mol. The van der Waals surface area contributed by atoms with Crippen LogP contribution < -0.4 is 0 Å². The highest BCUT2D eigenvalue weighted by Gasteiger charge is 2.19. The standard InChI is InChI=1S/C23H28N4O2S2/c1-14-12-19(16(3)27(14)11-10-18-8-6-5-7-9-18)20(28)13-30-23-26-25-22(29-23)21-15(2)24-17(4)31-21/h8,12H,5-7,9-11,13H2,1-4H3. The van der Waals surface area contributed by atoms with Gasteiger partial charge in [0.2, 0.25) is 0 Å². The monoisotopic (exact) mass is 456 g/mol. The third-order valence-corrected chi connectivity index (χ3v) is 7.63. The van der Waals surface area contributed by atoms with Crippen molar-refractivity contribution in [2.45, 2.75) is 71.6 Å². The molecule has 31 heavy (non-hydrogen) atoms. The number of allylic oxidation sites excluding steroid dienone is 2. The number of Topliss-reactive ketones (excluding diaryl/α,β-unsaturated/α-hetero) is 1. The van der Waals surface area contributed by atoms with Crippen molar-refractivity contribution < 1.29 is 9.21 Å². The van der Waals surface area contributed by atoms with Crippen molar-refractivity contribution in [3.63, 3.8) is 0 Å². The van der Waals surface area contributed by atoms with Gasteiger partial charge in [-0.2, -0.15) is 0 Å². The molecule has 0 unspecified atom stereocenters. The molecule has 164 valence electrons. The van der Waals surface area contributed by atoms with E-state index in [1.165, 1.54) is 48.8 Å². The van der Waals surface area contributed by atoms with Gasteiger partial charge in [0.1, 0.15) is 4.88 Å². The van der Waals surface area contributed by atoms with Crippen LogP contribution in [0.25, 0.3) is 10.8 Å². The van der Waals surface area contributed by atoms with Crippen LogP contribution in [0.4, 0.5) is 0 Å². The van der Waals surface area contributed by atoms with Gasteiger partial charge in [-0.05, 0) is 65.9 Å². The third-order valence-electron chi connectivity index (χ3n) is 5.75. The molecule has 3 aromatic rings. The fourth-order valence-corrected chi connectivity index (χ4v) is 5.60. The van der Waals surface area contributed by atoms with Gasteiger partial charge in [-0.25, -0.2) is 4.98 Å². The number of carbonyl (C=O) groups is 1. The SMILES string of the molecule is Cc1nc(C)c(-c2nnc(SCC(=O)c3cc(C)n(CCC4=CCCCC4)c3C)o2)s1. The molecular weight excluding hydrogens is 428 g/mol. The van der Waals surface area contributed by atoms with Gasteiger partial charge >= 0.3 is 0 Å². The first-order chi connectivity index (χ1) is 14.9. The average Bonchev–Trinajstić information content (AvgIpc) is 3.43. The second kappa shape index (κ2) is 9.53. The maximum absolute atomic E-state index is 12.9. The van der Waals surface area contributed by atoms with Gasteiger partial charge in [0.05, 0.1) is 16.5 Å². The van der Waals surface area contributed by atoms with Crippen molar-refractivity contribution in [3.8, 4) is 10.8 Å². The number of aryl methyl sites for hydroxylation is 3. The van der Waals surface area contributed by atoms with Crippen LogP contribution in [0.1, 0.15) is 64.6 Å². The molecule has 0 spiro atoms. The summed E-state index contributed by atoms with van der Waals surface area (Å²) < 4.78 is 8.03. The summed E-state index contributed by atoms with van der Waals surface area (Å²) in [6.45, 7) is 8.94. The molecule has 0 N–H and O–H groups in total. The Morgan fingerprint density at radius 2 is 2.06 bits per heavy atom. The summed E-state index contributed by atoms with van der Waals surface area (Å²) in [5.41, 5.74) is 5.41. The van der Waals surface area contributed by atoms with Crippen LogP contribution in [0.2, 0.25) is 0 Å². The van der Waals surface area contributed by atoms with E-state index in [1.807, 2.05) is 26.8 Å². The molecule has 0 aliphatic heterocycles. The first-order valence-electron chi connectivity index (χ1n) is 10.7. The highest BCUT2D eigenvalue weighted by atomic mass is 32.2. The fraction of sp³-hybridized carbons (Fsp3) is 0.478. The van der Waals surface area contributed by atoms with Crippen molar-refractivity contribution in [1.82, 2.24) is 19.7 Å². The van der Waals surface area contributed by atoms with E-state index < -0.39 is 0 Å². The number of hydrogen-bond acceptors (Lipinski definition) is 7. The number of thiazole rings is 1. The molecule has 1 aliphatic carbocycles. The quantitative estimate of drug-likeness (QED) is 0.232. The van der Waals surface area contributed by atoms with Crippen LogP contribution in [-0.2, 0) is 6.54 Å². The Balaban J connectivity index is 1.39. The molecule has 8 heteroatoms. The van der Waals surface area contributed by atoms with Gasteiger partial charge in [0, 0.05) is 23.5 Å². The molecule has 6 nitrogen and oxygen atoms in total. The number of aromatic nitrogens is 4. The van der Waals surface area contributed by atoms with E-state index in [2.05, 4.69) is 32.7 Å². The number of carbonyl (C=O) groups excluding carboxylic acids is 1. The Morgan fingerprint density at radius 1 is 1.23 bits per heavy atom. The molecule has 0 fully saturated rings. The van der Waals surface area contributed by atoms with Crippen LogP contribution in [0.5, 0.6) is 0 Å². The van der Waals surface area contributed by atoms with E-state index in [1.54, 1.807) is 5.57 Å². The lowest BCUT2D eigenvalue weighted by molar-refractivity contribution is 0.102. The van der Waals surface area contributed by atoms with E-state index in [-0.39, 0.29) is 11.5 Å². The smallest absolute Gasteiger partial charge is 0.277 e. The van der Waals surface area contributed by atoms with Crippen LogP contribution in [-0.4, -0.2) is 31.3 Å². The maximum atomic E-state index is 12.9. The Morgan fingerprint density at radius 3 is 2.77 bits per heavy atom. The van der Waals surface area contributed by atoms with Crippen molar-refractivity contribution in [1.29, 1.82) is 0 Å². The number of nitrogens with zero attached hydrogens (tertiary/aromatic N) is 4. The lowest BCUT2D eigenvalue weighted by Crippen LogP contribution is -2.08. The summed E-state index contributed by atoms with van der Waals surface area (Å²) in [5, 5.41) is 9.60. The Labute approximate surface area is 191 Å². The molecule has 0 saturated heterocycles. The number of hydrogen-bond donors (Lipinski definition) is 0. The lowest BCUT2D eigenvalue weighted by atomic mass is 9.97. The number of ketones is 1. The minimum Gasteiger partial charge on any atom is -0.410 e. The van der Waals surface area contributed by atoms with Gasteiger partial charge < -0.3 is 8.98 Å². The zero-order valence-electron chi connectivity index (χ0n) is 18.5. The van der Waals surface area contributed by atoms with E-state index in [0.717, 1.165) is 45.5 Å². The van der Waals surface area contributed by atoms with Crippen molar-refractivity contribution in [2.24, 2.45) is 0 Å². The number of rotatable bonds is 8. The van der Waals surface area contributed by atoms with Gasteiger partial charge in [-0.3, -0.25) is 4.79 Å². The minimum absolute atomic E-state index is 0.0887. The van der Waals surface area contributed by atoms with E-state index in [9.17, 15) is 4.79 Å². The Bertz CT molecular complexity index is 1120. The van der Waals surface area contributed by atoms with Crippen LogP contribution in [0.15, 0.2) is 27.4 Å². The molecule has 3 aromatic heterocycles. The molecule has 3 heterocycles. The lowest BCUT2D eigenvalue weighted by Gasteiger charge is -2.15. The third kappa shape index (κ3) is 5.01. The predicted octanol–water partition coefficient (Wildman–Crippen LogP) is 6.09. The Hall–Kier alpha value is -2.19. The van der Waals surface area contributed by atoms with Crippen molar-refractivity contribution >= 4 is 28.9 Å². The van der Waals surface area contributed by atoms with Gasteiger partial charge in [0.15, 0.2) is 5.78 Å². The van der Waals surface area contributed by atoms with Crippen molar-refractivity contribution in [2.75, 3.05) is 5.75 Å². The van der Waals surface area contributed by atoms with Crippen LogP contribution in [0, 0.1) is 27.7 Å². The Kier molecular flexibility index (Phi) is 6.77. The summed E-state index contributed by atoms with van der Waals surface area (Å²) in [5.74, 6) is 0.830. The first kappa shape index (κ1) is 22.0. The highest BCUT2D eigenvalue weighted by molar-refractivity contribution is 7.99. The number of thioether (sulfide) groups is 1. The summed E-state index contributed by atoms with van der Waals surface area (Å²) in [4.78, 5) is 18.2. The molecular formula is C23H28N4O2S2. The first-order valence-corrected chi connectivity index (χ1v) is 12.5. The van der Waals surface area contributed by atoms with E-state index >= 15 is 0 Å². The zero-order valence-corrected chi connectivity index (χ0v) is 20.2. The van der Waals surface area contributed by atoms with Gasteiger partial charge in [-0.15, -0.1) is 21.5 Å². The van der Waals surface area contributed by atoms with E-state index in [0.29, 0.717) is 11.1 Å². The summed E-state index contributed by atoms with van der Waals surface area (Å²) in [6.07, 6.45) is 8.50. The van der Waals surface area contributed by atoms with Gasteiger partial charge in [-0.1, -0.05) is 23.4 Å². The molecule has 0 amide bonds. The van der Waals surface area contributed by atoms with Crippen LogP contribution in [0.3, 0.4) is 0 Å². The normalized spacial score (nSPS) is 14.1.